The number of benzene rings is 1. The molecule has 0 aliphatic heterocycles. The Kier molecular flexibility index (Phi) is 4.42. The molecule has 0 bridgehead atoms. The van der Waals surface area contributed by atoms with E-state index in [1.165, 1.54) is 12.8 Å². The van der Waals surface area contributed by atoms with Gasteiger partial charge in [-0.1, -0.05) is 59.1 Å². The summed E-state index contributed by atoms with van der Waals surface area (Å²) >= 11 is 3.54. The summed E-state index contributed by atoms with van der Waals surface area (Å²) in [6.45, 7) is 2.18. The number of hydrogen-bond donors (Lipinski definition) is 1. The zero-order chi connectivity index (χ0) is 13.0. The van der Waals surface area contributed by atoms with E-state index in [-0.39, 0.29) is 0 Å². The lowest BCUT2D eigenvalue weighted by molar-refractivity contribution is 0.382. The van der Waals surface area contributed by atoms with Crippen LogP contribution in [-0.2, 0) is 6.42 Å². The summed E-state index contributed by atoms with van der Waals surface area (Å²) in [6.07, 6.45) is 4.36. The number of nitrogens with zero attached hydrogens (tertiary/aromatic N) is 1. The fraction of sp³-hybridized carbons (Fsp3) is 0.357. The van der Waals surface area contributed by atoms with E-state index in [0.717, 1.165) is 34.2 Å². The SMILES string of the molecule is CCCCCc1onc(N)c1-c1ccccc1Br. The smallest absolute Gasteiger partial charge is 0.175 e. The molecule has 1 aromatic heterocycles. The summed E-state index contributed by atoms with van der Waals surface area (Å²) in [4.78, 5) is 0. The lowest BCUT2D eigenvalue weighted by Crippen LogP contribution is -1.92. The second-order valence-electron chi connectivity index (χ2n) is 4.30. The first kappa shape index (κ1) is 13.1. The third kappa shape index (κ3) is 2.75. The van der Waals surface area contributed by atoms with Crippen LogP contribution in [0.3, 0.4) is 0 Å². The summed E-state index contributed by atoms with van der Waals surface area (Å²) in [7, 11) is 0. The molecule has 3 nitrogen and oxygen atoms in total. The minimum atomic E-state index is 0.466. The van der Waals surface area contributed by atoms with Gasteiger partial charge in [0.25, 0.3) is 0 Å². The molecule has 2 rings (SSSR count). The van der Waals surface area contributed by atoms with E-state index in [1.54, 1.807) is 0 Å². The molecule has 0 saturated carbocycles. The lowest BCUT2D eigenvalue weighted by atomic mass is 10.0. The maximum absolute atomic E-state index is 5.92. The van der Waals surface area contributed by atoms with Gasteiger partial charge in [-0.3, -0.25) is 0 Å². The van der Waals surface area contributed by atoms with Gasteiger partial charge >= 0.3 is 0 Å². The molecular formula is C14H17BrN2O. The molecule has 0 amide bonds. The zero-order valence-electron chi connectivity index (χ0n) is 10.4. The highest BCUT2D eigenvalue weighted by molar-refractivity contribution is 9.10. The molecule has 0 unspecified atom stereocenters. The molecule has 1 heterocycles. The van der Waals surface area contributed by atoms with Crippen LogP contribution in [-0.4, -0.2) is 5.16 Å². The molecule has 0 aliphatic rings. The van der Waals surface area contributed by atoms with Gasteiger partial charge in [-0.25, -0.2) is 0 Å². The summed E-state index contributed by atoms with van der Waals surface area (Å²) in [5.41, 5.74) is 7.89. The zero-order valence-corrected chi connectivity index (χ0v) is 12.0. The standard InChI is InChI=1S/C14H17BrN2O/c1-2-3-4-9-12-13(14(16)17-18-12)10-7-5-6-8-11(10)15/h5-8H,2-4,9H2,1H3,(H2,16,17). The topological polar surface area (TPSA) is 52.0 Å². The fourth-order valence-corrected chi connectivity index (χ4v) is 2.48. The Morgan fingerprint density at radius 2 is 2.06 bits per heavy atom. The Morgan fingerprint density at radius 3 is 2.78 bits per heavy atom. The summed E-state index contributed by atoms with van der Waals surface area (Å²) in [6, 6.07) is 7.99. The van der Waals surface area contributed by atoms with Crippen molar-refractivity contribution in [3.8, 4) is 11.1 Å². The number of aryl methyl sites for hydroxylation is 1. The number of halogens is 1. The fourth-order valence-electron chi connectivity index (χ4n) is 2.00. The van der Waals surface area contributed by atoms with Crippen molar-refractivity contribution >= 4 is 21.7 Å². The molecule has 96 valence electrons. The molecule has 0 aliphatic carbocycles. The number of nitrogen functional groups attached to an aromatic ring is 1. The molecule has 4 heteroatoms. The van der Waals surface area contributed by atoms with Gasteiger partial charge in [0, 0.05) is 16.5 Å². The Hall–Kier alpha value is -1.29. The molecule has 0 fully saturated rings. The van der Waals surface area contributed by atoms with E-state index in [4.69, 9.17) is 10.3 Å². The van der Waals surface area contributed by atoms with E-state index in [1.807, 2.05) is 24.3 Å². The van der Waals surface area contributed by atoms with Crippen LogP contribution in [0.2, 0.25) is 0 Å². The average molecular weight is 309 g/mol. The Morgan fingerprint density at radius 1 is 1.28 bits per heavy atom. The first-order valence-corrected chi connectivity index (χ1v) is 7.02. The van der Waals surface area contributed by atoms with Crippen molar-refractivity contribution in [1.29, 1.82) is 0 Å². The maximum Gasteiger partial charge on any atom is 0.175 e. The largest absolute Gasteiger partial charge is 0.380 e. The second-order valence-corrected chi connectivity index (χ2v) is 5.16. The van der Waals surface area contributed by atoms with Gasteiger partial charge < -0.3 is 10.3 Å². The van der Waals surface area contributed by atoms with E-state index in [2.05, 4.69) is 28.0 Å². The molecule has 2 aromatic rings. The van der Waals surface area contributed by atoms with Crippen molar-refractivity contribution in [3.63, 3.8) is 0 Å². The van der Waals surface area contributed by atoms with E-state index < -0.39 is 0 Å². The van der Waals surface area contributed by atoms with Gasteiger partial charge in [0.2, 0.25) is 0 Å². The number of anilines is 1. The predicted molar refractivity (Wildman–Crippen MR) is 77.3 cm³/mol. The third-order valence-electron chi connectivity index (χ3n) is 2.94. The first-order valence-electron chi connectivity index (χ1n) is 6.23. The van der Waals surface area contributed by atoms with Crippen LogP contribution in [0.1, 0.15) is 31.9 Å². The van der Waals surface area contributed by atoms with Crippen molar-refractivity contribution in [1.82, 2.24) is 5.16 Å². The van der Waals surface area contributed by atoms with E-state index in [0.29, 0.717) is 5.82 Å². The lowest BCUT2D eigenvalue weighted by Gasteiger charge is -2.04. The second kappa shape index (κ2) is 6.05. The summed E-state index contributed by atoms with van der Waals surface area (Å²) in [5.74, 6) is 1.35. The van der Waals surface area contributed by atoms with E-state index in [9.17, 15) is 0 Å². The van der Waals surface area contributed by atoms with Crippen LogP contribution in [0.15, 0.2) is 33.3 Å². The Labute approximate surface area is 115 Å². The van der Waals surface area contributed by atoms with Gasteiger partial charge in [-0.2, -0.15) is 0 Å². The predicted octanol–water partition coefficient (Wildman–Crippen LogP) is 4.42. The molecule has 2 N–H and O–H groups in total. The molecule has 18 heavy (non-hydrogen) atoms. The maximum atomic E-state index is 5.92. The van der Waals surface area contributed by atoms with Gasteiger partial charge in [-0.05, 0) is 12.5 Å². The number of nitrogens with two attached hydrogens (primary N) is 1. The molecular weight excluding hydrogens is 292 g/mol. The highest BCUT2D eigenvalue weighted by Gasteiger charge is 2.17. The van der Waals surface area contributed by atoms with Crippen molar-refractivity contribution in [2.45, 2.75) is 32.6 Å². The normalized spacial score (nSPS) is 10.8. The minimum absolute atomic E-state index is 0.466. The van der Waals surface area contributed by atoms with Gasteiger partial charge in [0.1, 0.15) is 5.76 Å². The third-order valence-corrected chi connectivity index (χ3v) is 3.63. The molecule has 0 saturated heterocycles. The van der Waals surface area contributed by atoms with Crippen LogP contribution in [0.5, 0.6) is 0 Å². The van der Waals surface area contributed by atoms with Crippen LogP contribution >= 0.6 is 15.9 Å². The van der Waals surface area contributed by atoms with Crippen molar-refractivity contribution in [2.24, 2.45) is 0 Å². The van der Waals surface area contributed by atoms with Gasteiger partial charge in [0.05, 0.1) is 5.56 Å². The van der Waals surface area contributed by atoms with Crippen molar-refractivity contribution in [2.75, 3.05) is 5.73 Å². The van der Waals surface area contributed by atoms with Crippen LogP contribution in [0.4, 0.5) is 5.82 Å². The van der Waals surface area contributed by atoms with Crippen LogP contribution in [0, 0.1) is 0 Å². The molecule has 0 spiro atoms. The average Bonchev–Trinajstić information content (AvgIpc) is 2.72. The minimum Gasteiger partial charge on any atom is -0.380 e. The highest BCUT2D eigenvalue weighted by Crippen LogP contribution is 2.35. The Bertz CT molecular complexity index is 522. The number of aromatic nitrogens is 1. The van der Waals surface area contributed by atoms with Gasteiger partial charge in [0.15, 0.2) is 5.82 Å². The highest BCUT2D eigenvalue weighted by atomic mass is 79.9. The number of unbranched alkanes of at least 4 members (excludes halogenated alkanes) is 2. The van der Waals surface area contributed by atoms with Crippen molar-refractivity contribution in [3.05, 3.63) is 34.5 Å². The van der Waals surface area contributed by atoms with E-state index >= 15 is 0 Å². The number of rotatable bonds is 5. The van der Waals surface area contributed by atoms with Crippen LogP contribution in [0.25, 0.3) is 11.1 Å². The number of hydrogen-bond acceptors (Lipinski definition) is 3. The van der Waals surface area contributed by atoms with Gasteiger partial charge in [-0.15, -0.1) is 0 Å². The Balaban J connectivity index is 2.32. The van der Waals surface area contributed by atoms with Crippen LogP contribution < -0.4 is 5.73 Å². The monoisotopic (exact) mass is 308 g/mol. The summed E-state index contributed by atoms with van der Waals surface area (Å²) < 4.78 is 6.37. The van der Waals surface area contributed by atoms with Crippen molar-refractivity contribution < 1.29 is 4.52 Å². The molecule has 0 atom stereocenters. The molecule has 1 aromatic carbocycles. The molecule has 0 radical (unpaired) electrons. The summed E-state index contributed by atoms with van der Waals surface area (Å²) in [5, 5.41) is 3.89. The first-order chi connectivity index (χ1) is 8.74. The quantitative estimate of drug-likeness (QED) is 0.832.